The second kappa shape index (κ2) is 8.99. The Morgan fingerprint density at radius 2 is 1.61 bits per heavy atom. The third kappa shape index (κ3) is 5.07. The topological polar surface area (TPSA) is 77.2 Å². The fourth-order valence-corrected chi connectivity index (χ4v) is 2.74. The maximum absolute atomic E-state index is 13.0. The van der Waals surface area contributed by atoms with Crippen molar-refractivity contribution in [3.8, 4) is 11.5 Å². The van der Waals surface area contributed by atoms with E-state index in [2.05, 4.69) is 29.4 Å². The van der Waals surface area contributed by atoms with Crippen molar-refractivity contribution in [1.29, 1.82) is 0 Å². The Balaban J connectivity index is 1.56. The van der Waals surface area contributed by atoms with Crippen molar-refractivity contribution in [2.24, 2.45) is 0 Å². The number of hydrogen-bond donors (Lipinski definition) is 2. The van der Waals surface area contributed by atoms with Crippen LogP contribution in [-0.4, -0.2) is 10.9 Å². The number of nitrogens with zero attached hydrogens (tertiary/aromatic N) is 1. The average molecular weight is 379 g/mol. The minimum Gasteiger partial charge on any atom is -0.457 e. The summed E-state index contributed by atoms with van der Waals surface area (Å²) < 4.78 is 18.8. The van der Waals surface area contributed by atoms with E-state index in [0.717, 1.165) is 30.2 Å². The lowest BCUT2D eigenvalue weighted by molar-refractivity contribution is 0.0951. The van der Waals surface area contributed by atoms with E-state index in [1.165, 1.54) is 11.6 Å². The van der Waals surface area contributed by atoms with Crippen molar-refractivity contribution in [2.75, 3.05) is 5.73 Å². The molecule has 0 aliphatic heterocycles. The first-order chi connectivity index (χ1) is 13.5. The largest absolute Gasteiger partial charge is 0.457 e. The molecule has 0 aliphatic carbocycles. The Hall–Kier alpha value is -3.41. The van der Waals surface area contributed by atoms with Gasteiger partial charge in [-0.2, -0.15) is 4.39 Å². The number of nitrogens with one attached hydrogen (secondary N) is 1. The molecular formula is C22H22FN3O2. The molecule has 1 amide bonds. The second-order valence-corrected chi connectivity index (χ2v) is 6.39. The highest BCUT2D eigenvalue weighted by Gasteiger charge is 2.11. The Morgan fingerprint density at radius 1 is 1.00 bits per heavy atom. The van der Waals surface area contributed by atoms with E-state index >= 15 is 0 Å². The zero-order valence-electron chi connectivity index (χ0n) is 15.6. The first kappa shape index (κ1) is 19.4. The number of anilines is 1. The van der Waals surface area contributed by atoms with E-state index in [4.69, 9.17) is 10.5 Å². The average Bonchev–Trinajstić information content (AvgIpc) is 2.69. The van der Waals surface area contributed by atoms with Gasteiger partial charge < -0.3 is 15.8 Å². The number of benzene rings is 2. The molecule has 1 heterocycles. The zero-order chi connectivity index (χ0) is 19.9. The molecule has 0 radical (unpaired) electrons. The summed E-state index contributed by atoms with van der Waals surface area (Å²) in [5.41, 5.74) is 7.91. The van der Waals surface area contributed by atoms with Crippen molar-refractivity contribution < 1.29 is 13.9 Å². The first-order valence-corrected chi connectivity index (χ1v) is 9.11. The van der Waals surface area contributed by atoms with E-state index in [9.17, 15) is 9.18 Å². The Kier molecular flexibility index (Phi) is 6.22. The summed E-state index contributed by atoms with van der Waals surface area (Å²) in [4.78, 5) is 15.6. The van der Waals surface area contributed by atoms with Crippen molar-refractivity contribution in [3.05, 3.63) is 83.3 Å². The van der Waals surface area contributed by atoms with Gasteiger partial charge in [0, 0.05) is 6.54 Å². The molecule has 5 nitrogen and oxygen atoms in total. The van der Waals surface area contributed by atoms with Gasteiger partial charge in [0.25, 0.3) is 5.91 Å². The van der Waals surface area contributed by atoms with Gasteiger partial charge in [-0.05, 0) is 53.9 Å². The van der Waals surface area contributed by atoms with Gasteiger partial charge in [0.15, 0.2) is 0 Å². The quantitative estimate of drug-likeness (QED) is 0.594. The summed E-state index contributed by atoms with van der Waals surface area (Å²) in [5, 5.41) is 2.74. The van der Waals surface area contributed by atoms with Gasteiger partial charge in [0.05, 0.1) is 5.56 Å². The van der Waals surface area contributed by atoms with Crippen molar-refractivity contribution >= 4 is 11.7 Å². The van der Waals surface area contributed by atoms with Crippen LogP contribution in [0.4, 0.5) is 10.2 Å². The van der Waals surface area contributed by atoms with Crippen LogP contribution in [0.1, 0.15) is 34.8 Å². The standard InChI is InChI=1S/C22H22FN3O2/c1-2-3-15-4-8-17(9-5-15)28-18-10-6-16(7-11-18)14-25-22(27)19-12-13-20(23)26-21(19)24/h4-13H,2-3,14H2,1H3,(H2,24,26)(H,25,27). The van der Waals surface area contributed by atoms with E-state index in [1.54, 1.807) is 0 Å². The highest BCUT2D eigenvalue weighted by atomic mass is 19.1. The molecule has 6 heteroatoms. The highest BCUT2D eigenvalue weighted by molar-refractivity contribution is 5.98. The molecule has 3 aromatic rings. The summed E-state index contributed by atoms with van der Waals surface area (Å²) in [6.45, 7) is 2.46. The Bertz CT molecular complexity index is 941. The SMILES string of the molecule is CCCc1ccc(Oc2ccc(CNC(=O)c3ccc(F)nc3N)cc2)cc1. The fourth-order valence-electron chi connectivity index (χ4n) is 2.74. The van der Waals surface area contributed by atoms with Crippen LogP contribution in [0.25, 0.3) is 0 Å². The number of pyridine rings is 1. The zero-order valence-corrected chi connectivity index (χ0v) is 15.6. The van der Waals surface area contributed by atoms with Gasteiger partial charge in [-0.25, -0.2) is 4.98 Å². The summed E-state index contributed by atoms with van der Waals surface area (Å²) in [5.74, 6) is 0.235. The molecule has 144 valence electrons. The molecule has 3 N–H and O–H groups in total. The first-order valence-electron chi connectivity index (χ1n) is 9.11. The molecule has 0 spiro atoms. The predicted octanol–water partition coefficient (Wildman–Crippen LogP) is 4.48. The summed E-state index contributed by atoms with van der Waals surface area (Å²) in [6.07, 6.45) is 2.17. The van der Waals surface area contributed by atoms with Gasteiger partial charge in [-0.1, -0.05) is 37.6 Å². The lowest BCUT2D eigenvalue weighted by Crippen LogP contribution is -2.24. The van der Waals surface area contributed by atoms with Crippen molar-refractivity contribution in [2.45, 2.75) is 26.3 Å². The van der Waals surface area contributed by atoms with E-state index < -0.39 is 11.9 Å². The smallest absolute Gasteiger partial charge is 0.255 e. The molecular weight excluding hydrogens is 357 g/mol. The molecule has 0 unspecified atom stereocenters. The number of nitrogen functional groups attached to an aromatic ring is 1. The highest BCUT2D eigenvalue weighted by Crippen LogP contribution is 2.22. The number of amides is 1. The molecule has 1 aromatic heterocycles. The Morgan fingerprint density at radius 3 is 2.18 bits per heavy atom. The summed E-state index contributed by atoms with van der Waals surface area (Å²) in [7, 11) is 0. The summed E-state index contributed by atoms with van der Waals surface area (Å²) in [6, 6.07) is 17.9. The van der Waals surface area contributed by atoms with E-state index in [0.29, 0.717) is 12.3 Å². The van der Waals surface area contributed by atoms with Gasteiger partial charge in [-0.3, -0.25) is 4.79 Å². The normalized spacial score (nSPS) is 10.5. The number of ether oxygens (including phenoxy) is 1. The lowest BCUT2D eigenvalue weighted by Gasteiger charge is -2.09. The molecule has 0 fully saturated rings. The second-order valence-electron chi connectivity index (χ2n) is 6.39. The van der Waals surface area contributed by atoms with E-state index in [1.807, 2.05) is 36.4 Å². The minimum atomic E-state index is -0.718. The number of rotatable bonds is 7. The fraction of sp³-hybridized carbons (Fsp3) is 0.182. The number of aryl methyl sites for hydroxylation is 1. The van der Waals surface area contributed by atoms with Crippen LogP contribution < -0.4 is 15.8 Å². The van der Waals surface area contributed by atoms with E-state index in [-0.39, 0.29) is 11.4 Å². The lowest BCUT2D eigenvalue weighted by atomic mass is 10.1. The van der Waals surface area contributed by atoms with Gasteiger partial charge in [-0.15, -0.1) is 0 Å². The number of carbonyl (C=O) groups excluding carboxylic acids is 1. The van der Waals surface area contributed by atoms with Gasteiger partial charge >= 0.3 is 0 Å². The van der Waals surface area contributed by atoms with Gasteiger partial charge in [0.1, 0.15) is 17.3 Å². The molecule has 0 saturated heterocycles. The van der Waals surface area contributed by atoms with Crippen LogP contribution in [-0.2, 0) is 13.0 Å². The maximum Gasteiger partial charge on any atom is 0.255 e. The number of nitrogens with two attached hydrogens (primary N) is 1. The third-order valence-electron chi connectivity index (χ3n) is 4.21. The monoisotopic (exact) mass is 379 g/mol. The molecule has 0 aliphatic rings. The number of halogens is 1. The van der Waals surface area contributed by atoms with Crippen molar-refractivity contribution in [1.82, 2.24) is 10.3 Å². The molecule has 3 rings (SSSR count). The number of carbonyl (C=O) groups is 1. The molecule has 0 saturated carbocycles. The van der Waals surface area contributed by atoms with Gasteiger partial charge in [0.2, 0.25) is 5.95 Å². The number of aromatic nitrogens is 1. The van der Waals surface area contributed by atoms with Crippen molar-refractivity contribution in [3.63, 3.8) is 0 Å². The third-order valence-corrected chi connectivity index (χ3v) is 4.21. The van der Waals surface area contributed by atoms with Crippen LogP contribution in [0.5, 0.6) is 11.5 Å². The maximum atomic E-state index is 13.0. The molecule has 0 bridgehead atoms. The molecule has 28 heavy (non-hydrogen) atoms. The van der Waals surface area contributed by atoms with Crippen LogP contribution in [0.3, 0.4) is 0 Å². The Labute approximate surface area is 163 Å². The summed E-state index contributed by atoms with van der Waals surface area (Å²) >= 11 is 0. The van der Waals surface area contributed by atoms with Crippen LogP contribution in [0.15, 0.2) is 60.7 Å². The van der Waals surface area contributed by atoms with Crippen LogP contribution in [0.2, 0.25) is 0 Å². The predicted molar refractivity (Wildman–Crippen MR) is 107 cm³/mol. The van der Waals surface area contributed by atoms with Crippen LogP contribution >= 0.6 is 0 Å². The number of hydrogen-bond acceptors (Lipinski definition) is 4. The molecule has 2 aromatic carbocycles. The molecule has 0 atom stereocenters. The van der Waals surface area contributed by atoms with Crippen LogP contribution in [0, 0.1) is 5.95 Å². The minimum absolute atomic E-state index is 0.133.